The van der Waals surface area contributed by atoms with Crippen LogP contribution in [0.3, 0.4) is 0 Å². The van der Waals surface area contributed by atoms with Crippen LogP contribution in [0.15, 0.2) is 24.3 Å². The first-order valence-electron chi connectivity index (χ1n) is 3.96. The first kappa shape index (κ1) is 15.3. The van der Waals surface area contributed by atoms with Gasteiger partial charge in [-0.1, -0.05) is 6.07 Å². The van der Waals surface area contributed by atoms with E-state index in [0.717, 1.165) is 6.07 Å². The van der Waals surface area contributed by atoms with Crippen LogP contribution in [0.4, 0.5) is 0 Å². The standard InChI is InChI=1S/C8H6O4.H3O4P/c9-7(10)5-2-1-3-6(4-5)8(11)12;1-5(2,3)4/h1-4H,(H,9,10)(H,11,12);(H3,1,2,3,4). The molecule has 0 radical (unpaired) electrons. The van der Waals surface area contributed by atoms with Gasteiger partial charge in [0.1, 0.15) is 0 Å². The lowest BCUT2D eigenvalue weighted by Crippen LogP contribution is -2.01. The Balaban J connectivity index is 0.000000437. The molecule has 0 fully saturated rings. The van der Waals surface area contributed by atoms with E-state index in [9.17, 15) is 9.59 Å². The summed E-state index contributed by atoms with van der Waals surface area (Å²) in [6, 6.07) is 5.20. The second-order valence-corrected chi connectivity index (χ2v) is 3.73. The van der Waals surface area contributed by atoms with Crippen molar-refractivity contribution in [2.24, 2.45) is 0 Å². The minimum Gasteiger partial charge on any atom is -0.478 e. The van der Waals surface area contributed by atoms with Gasteiger partial charge in [-0.3, -0.25) is 0 Å². The van der Waals surface area contributed by atoms with Crippen LogP contribution < -0.4 is 0 Å². The van der Waals surface area contributed by atoms with E-state index in [1.165, 1.54) is 18.2 Å². The average molecular weight is 264 g/mol. The first-order chi connectivity index (χ1) is 7.61. The van der Waals surface area contributed by atoms with Crippen LogP contribution in [0.5, 0.6) is 0 Å². The molecule has 94 valence electrons. The van der Waals surface area contributed by atoms with Crippen molar-refractivity contribution in [3.05, 3.63) is 35.4 Å². The highest BCUT2D eigenvalue weighted by atomic mass is 31.2. The van der Waals surface area contributed by atoms with Crippen LogP contribution in [0.1, 0.15) is 20.7 Å². The highest BCUT2D eigenvalue weighted by Crippen LogP contribution is 2.25. The second kappa shape index (κ2) is 6.12. The van der Waals surface area contributed by atoms with Gasteiger partial charge in [0.25, 0.3) is 0 Å². The molecule has 0 heterocycles. The van der Waals surface area contributed by atoms with Gasteiger partial charge >= 0.3 is 19.8 Å². The summed E-state index contributed by atoms with van der Waals surface area (Å²) in [5, 5.41) is 17.0. The molecule has 17 heavy (non-hydrogen) atoms. The molecule has 0 aromatic heterocycles. The zero-order valence-corrected chi connectivity index (χ0v) is 9.11. The molecular weight excluding hydrogens is 255 g/mol. The molecule has 0 aliphatic carbocycles. The molecule has 0 bridgehead atoms. The van der Waals surface area contributed by atoms with Gasteiger partial charge in [-0.25, -0.2) is 14.2 Å². The molecular formula is C8H9O8P. The maximum Gasteiger partial charge on any atom is 0.466 e. The van der Waals surface area contributed by atoms with E-state index in [4.69, 9.17) is 29.5 Å². The maximum absolute atomic E-state index is 10.4. The topological polar surface area (TPSA) is 152 Å². The van der Waals surface area contributed by atoms with E-state index in [0.29, 0.717) is 0 Å². The Morgan fingerprint density at radius 3 is 1.47 bits per heavy atom. The Kier molecular flexibility index (Phi) is 5.49. The molecule has 0 unspecified atom stereocenters. The van der Waals surface area contributed by atoms with Crippen LogP contribution in [0.2, 0.25) is 0 Å². The van der Waals surface area contributed by atoms with Crippen molar-refractivity contribution in [1.29, 1.82) is 0 Å². The van der Waals surface area contributed by atoms with Gasteiger partial charge in [0, 0.05) is 0 Å². The molecule has 0 saturated heterocycles. The zero-order valence-electron chi connectivity index (χ0n) is 8.22. The highest BCUT2D eigenvalue weighted by molar-refractivity contribution is 7.45. The van der Waals surface area contributed by atoms with Crippen LogP contribution in [0, 0.1) is 0 Å². The van der Waals surface area contributed by atoms with Gasteiger partial charge in [-0.15, -0.1) is 0 Å². The third kappa shape index (κ3) is 8.12. The predicted molar refractivity (Wildman–Crippen MR) is 54.6 cm³/mol. The summed E-state index contributed by atoms with van der Waals surface area (Å²) in [6.07, 6.45) is 0. The van der Waals surface area contributed by atoms with E-state index < -0.39 is 19.8 Å². The quantitative estimate of drug-likeness (QED) is 0.473. The summed E-state index contributed by atoms with van der Waals surface area (Å²) in [5.74, 6) is -2.25. The van der Waals surface area contributed by atoms with Crippen molar-refractivity contribution in [1.82, 2.24) is 0 Å². The number of rotatable bonds is 2. The molecule has 1 aromatic rings. The van der Waals surface area contributed by atoms with Crippen molar-refractivity contribution in [3.63, 3.8) is 0 Å². The van der Waals surface area contributed by atoms with Crippen LogP contribution in [-0.4, -0.2) is 36.8 Å². The van der Waals surface area contributed by atoms with Gasteiger partial charge in [0.15, 0.2) is 0 Å². The number of hydrogen-bond donors (Lipinski definition) is 5. The Morgan fingerprint density at radius 1 is 0.941 bits per heavy atom. The third-order valence-electron chi connectivity index (χ3n) is 1.36. The fourth-order valence-corrected chi connectivity index (χ4v) is 0.785. The molecule has 0 saturated carbocycles. The third-order valence-corrected chi connectivity index (χ3v) is 1.36. The number of carbonyl (C=O) groups is 2. The Hall–Kier alpha value is -1.73. The molecule has 8 nitrogen and oxygen atoms in total. The fourth-order valence-electron chi connectivity index (χ4n) is 0.785. The van der Waals surface area contributed by atoms with E-state index in [2.05, 4.69) is 0 Å². The molecule has 0 atom stereocenters. The molecule has 1 rings (SSSR count). The van der Waals surface area contributed by atoms with Crippen LogP contribution in [0.25, 0.3) is 0 Å². The lowest BCUT2D eigenvalue weighted by Gasteiger charge is -1.95. The maximum atomic E-state index is 10.4. The van der Waals surface area contributed by atoms with Gasteiger partial charge in [-0.05, 0) is 18.2 Å². The van der Waals surface area contributed by atoms with Crippen molar-refractivity contribution >= 4 is 19.8 Å². The van der Waals surface area contributed by atoms with E-state index in [-0.39, 0.29) is 11.1 Å². The molecule has 1 aromatic carbocycles. The average Bonchev–Trinajstić information content (AvgIpc) is 2.15. The minimum absolute atomic E-state index is 0.0186. The minimum atomic E-state index is -4.64. The number of hydrogen-bond acceptors (Lipinski definition) is 3. The van der Waals surface area contributed by atoms with Crippen molar-refractivity contribution in [2.45, 2.75) is 0 Å². The first-order valence-corrected chi connectivity index (χ1v) is 5.52. The van der Waals surface area contributed by atoms with Crippen LogP contribution in [-0.2, 0) is 4.57 Å². The number of aromatic carboxylic acids is 2. The molecule has 0 spiro atoms. The second-order valence-electron chi connectivity index (χ2n) is 2.70. The molecule has 9 heteroatoms. The number of carboxylic acid groups (broad SMARTS) is 2. The number of carboxylic acids is 2. The molecule has 0 aliphatic rings. The SMILES string of the molecule is O=C(O)c1cccc(C(=O)O)c1.O=P(O)(O)O. The van der Waals surface area contributed by atoms with Gasteiger partial charge in [0.05, 0.1) is 11.1 Å². The molecule has 0 amide bonds. The zero-order chi connectivity index (χ0) is 13.6. The van der Waals surface area contributed by atoms with Gasteiger partial charge in [-0.2, -0.15) is 0 Å². The summed E-state index contributed by atoms with van der Waals surface area (Å²) < 4.78 is 8.88. The Labute approximate surface area is 95.0 Å². The molecule has 5 N–H and O–H groups in total. The van der Waals surface area contributed by atoms with Crippen molar-refractivity contribution in [2.75, 3.05) is 0 Å². The van der Waals surface area contributed by atoms with E-state index in [1.54, 1.807) is 0 Å². The highest BCUT2D eigenvalue weighted by Gasteiger charge is 2.06. The Bertz CT molecular complexity index is 425. The Morgan fingerprint density at radius 2 is 1.24 bits per heavy atom. The summed E-state index contributed by atoms with van der Waals surface area (Å²) in [4.78, 5) is 42.3. The summed E-state index contributed by atoms with van der Waals surface area (Å²) in [7, 11) is -4.64. The van der Waals surface area contributed by atoms with Crippen molar-refractivity contribution in [3.8, 4) is 0 Å². The predicted octanol–water partition coefficient (Wildman–Crippen LogP) is 0.154. The number of benzene rings is 1. The van der Waals surface area contributed by atoms with E-state index in [1.807, 2.05) is 0 Å². The summed E-state index contributed by atoms with van der Waals surface area (Å²) in [5.41, 5.74) is -0.0372. The lowest BCUT2D eigenvalue weighted by atomic mass is 10.1. The normalized spacial score (nSPS) is 10.1. The van der Waals surface area contributed by atoms with Crippen molar-refractivity contribution < 1.29 is 39.0 Å². The monoisotopic (exact) mass is 264 g/mol. The summed E-state index contributed by atoms with van der Waals surface area (Å²) >= 11 is 0. The smallest absolute Gasteiger partial charge is 0.466 e. The van der Waals surface area contributed by atoms with Gasteiger partial charge < -0.3 is 24.9 Å². The fraction of sp³-hybridized carbons (Fsp3) is 0. The largest absolute Gasteiger partial charge is 0.478 e. The van der Waals surface area contributed by atoms with E-state index >= 15 is 0 Å². The summed E-state index contributed by atoms with van der Waals surface area (Å²) in [6.45, 7) is 0. The number of phosphoric acid groups is 1. The molecule has 0 aliphatic heterocycles. The lowest BCUT2D eigenvalue weighted by molar-refractivity contribution is 0.0696. The van der Waals surface area contributed by atoms with Crippen LogP contribution >= 0.6 is 7.82 Å². The van der Waals surface area contributed by atoms with Gasteiger partial charge in [0.2, 0.25) is 0 Å².